The maximum atomic E-state index is 4.26. The zero-order valence-electron chi connectivity index (χ0n) is 2.07. The van der Waals surface area contributed by atoms with Gasteiger partial charge in [0.05, 0.1) is 23.7 Å². The van der Waals surface area contributed by atoms with Crippen LogP contribution in [0.15, 0.2) is 0 Å². The van der Waals surface area contributed by atoms with Crippen molar-refractivity contribution in [2.45, 2.75) is 0 Å². The van der Waals surface area contributed by atoms with Gasteiger partial charge < -0.3 is 0 Å². The number of hydrogen-bond acceptors (Lipinski definition) is 1. The average Bonchev–Trinajstić information content (AvgIpc) is 0.918. The van der Waals surface area contributed by atoms with Crippen molar-refractivity contribution < 1.29 is 25.6 Å². The maximum Gasteiger partial charge on any atom is 4.00 e. The molecule has 0 aliphatic rings. The van der Waals surface area contributed by atoms with Crippen molar-refractivity contribution in [2.24, 2.45) is 0 Å². The van der Waals surface area contributed by atoms with E-state index in [9.17, 15) is 0 Å². The predicted molar refractivity (Wildman–Crippen MR) is 20.0 cm³/mol. The quantitative estimate of drug-likeness (QED) is 0.504. The van der Waals surface area contributed by atoms with E-state index in [-0.39, 0.29) is 34.1 Å². The third kappa shape index (κ3) is 29.2. The minimum absolute atomic E-state index is 0. The van der Waals surface area contributed by atoms with Crippen LogP contribution in [0.5, 0.6) is 0 Å². The molecule has 0 aliphatic heterocycles. The Morgan fingerprint density at radius 1 is 1.20 bits per heavy atom. The van der Waals surface area contributed by atoms with Crippen LogP contribution in [-0.4, -0.2) is 0 Å². The molecule has 0 aromatic rings. The Morgan fingerprint density at radius 3 is 1.20 bits per heavy atom. The minimum atomic E-state index is 0. The van der Waals surface area contributed by atoms with Crippen LogP contribution in [0.4, 0.5) is 0 Å². The van der Waals surface area contributed by atoms with Crippen LogP contribution >= 0.6 is 36.1 Å². The topological polar surface area (TPSA) is 9.23 Å². The van der Waals surface area contributed by atoms with Gasteiger partial charge in [0.1, 0.15) is 0 Å². The van der Waals surface area contributed by atoms with Gasteiger partial charge in [-0.2, -0.15) is 3.84 Å². The molecule has 0 unspecified atom stereocenters. The van der Waals surface area contributed by atoms with Gasteiger partial charge in [0, 0.05) is 0 Å². The second-order valence-electron chi connectivity index (χ2n) is 0.0583. The van der Waals surface area contributed by atoms with Crippen LogP contribution in [0.25, 0.3) is 0 Å². The maximum absolute atomic E-state index is 4.26. The first kappa shape index (κ1) is 16.0. The van der Waals surface area contributed by atoms with Crippen molar-refractivity contribution >= 4 is 36.1 Å². The number of hydrogen-bond donors (Lipinski definition) is 0. The molecule has 0 atom stereocenters. The molecule has 5 heteroatoms. The largest absolute Gasteiger partial charge is 4.00 e. The normalized spacial score (nSPS) is 3.60. The van der Waals surface area contributed by atoms with Gasteiger partial charge in [-0.05, 0) is 0 Å². The van der Waals surface area contributed by atoms with Gasteiger partial charge in [0.25, 0.3) is 0 Å². The van der Waals surface area contributed by atoms with Crippen LogP contribution in [-0.2, 0) is 25.6 Å². The summed E-state index contributed by atoms with van der Waals surface area (Å²) >= 11 is 8.53. The Bertz CT molecular complexity index is 6.85. The average molecular weight is 171 g/mol. The fourth-order valence-corrected chi connectivity index (χ4v) is 0. The first-order chi connectivity index (χ1) is 1.41. The van der Waals surface area contributed by atoms with Crippen molar-refractivity contribution in [1.29, 1.82) is 0 Å². The van der Waals surface area contributed by atoms with E-state index < -0.39 is 0 Å². The van der Waals surface area contributed by atoms with Crippen LogP contribution in [0, 0.1) is 0 Å². The fourth-order valence-electron chi connectivity index (χ4n) is 0. The van der Waals surface area contributed by atoms with Crippen molar-refractivity contribution in [2.75, 3.05) is 0 Å². The zero-order valence-corrected chi connectivity index (χ0v) is 5.96. The first-order valence-corrected chi connectivity index (χ1v) is 0.926. The summed E-state index contributed by atoms with van der Waals surface area (Å²) in [5, 5.41) is 0. The molecule has 0 N–H and O–H groups in total. The second-order valence-corrected chi connectivity index (χ2v) is 0.525. The van der Waals surface area contributed by atoms with Crippen LogP contribution in [0.3, 0.4) is 0 Å². The molecule has 0 saturated carbocycles. The Hall–Kier alpha value is 1.54. The molecule has 28 valence electrons. The van der Waals surface area contributed by atoms with Crippen molar-refractivity contribution in [1.82, 2.24) is 0 Å². The number of rotatable bonds is 0. The van der Waals surface area contributed by atoms with Gasteiger partial charge in [0.15, 0.2) is 0 Å². The Morgan fingerprint density at radius 2 is 1.20 bits per heavy atom. The van der Waals surface area contributed by atoms with E-state index >= 15 is 0 Å². The van der Waals surface area contributed by atoms with Gasteiger partial charge >= 0.3 is 21.7 Å². The van der Waals surface area contributed by atoms with Gasteiger partial charge in [-0.25, -0.2) is 0 Å². The molecule has 0 aliphatic carbocycles. The summed E-state index contributed by atoms with van der Waals surface area (Å²) in [6.45, 7) is 0. The second kappa shape index (κ2) is 17.7. The van der Waals surface area contributed by atoms with Crippen LogP contribution in [0.2, 0.25) is 0 Å². The molecular formula is HCl3OTi+4. The smallest absolute Gasteiger partial charge is 0.166 e. The van der Waals surface area contributed by atoms with E-state index in [1.165, 1.54) is 0 Å². The fraction of sp³-hybridized carbons (Fsp3) is 0. The summed E-state index contributed by atoms with van der Waals surface area (Å²) in [5.74, 6) is 0. The molecule has 0 rings (SSSR count). The Balaban J connectivity index is -0.0000000200. The first-order valence-electron chi connectivity index (χ1n) is 0.309. The molecule has 1 nitrogen and oxygen atoms in total. The van der Waals surface area contributed by atoms with Crippen molar-refractivity contribution in [3.8, 4) is 0 Å². The molecule has 0 saturated heterocycles. The summed E-state index contributed by atoms with van der Waals surface area (Å²) in [6, 6.07) is 0. The van der Waals surface area contributed by atoms with E-state index in [1.54, 1.807) is 0 Å². The molecule has 0 amide bonds. The Kier molecular flexibility index (Phi) is 56.6. The van der Waals surface area contributed by atoms with Gasteiger partial charge in [-0.3, -0.25) is 0 Å². The van der Waals surface area contributed by atoms with Crippen LogP contribution < -0.4 is 0 Å². The molecule has 5 heavy (non-hydrogen) atoms. The van der Waals surface area contributed by atoms with E-state index in [4.69, 9.17) is 0 Å². The van der Waals surface area contributed by atoms with Crippen molar-refractivity contribution in [3.05, 3.63) is 0 Å². The predicted octanol–water partition coefficient (Wildman–Crippen LogP) is 1.73. The van der Waals surface area contributed by atoms with Gasteiger partial charge in [-0.15, -0.1) is 12.4 Å². The summed E-state index contributed by atoms with van der Waals surface area (Å²) < 4.78 is 3.19. The monoisotopic (exact) mass is 170 g/mol. The molecule has 0 spiro atoms. The standard InChI is InChI=1S/Cl2O.ClH.Ti/c1-3-2;;/h;1H;/q;;+4. The third-order valence-electron chi connectivity index (χ3n) is 0. The molecule has 0 bridgehead atoms. The minimum Gasteiger partial charge on any atom is -0.166 e. The summed E-state index contributed by atoms with van der Waals surface area (Å²) in [7, 11) is 0. The van der Waals surface area contributed by atoms with Gasteiger partial charge in [0.2, 0.25) is 0 Å². The van der Waals surface area contributed by atoms with Crippen molar-refractivity contribution in [3.63, 3.8) is 0 Å². The van der Waals surface area contributed by atoms with E-state index in [0.29, 0.717) is 0 Å². The molecule has 0 radical (unpaired) electrons. The van der Waals surface area contributed by atoms with Crippen LogP contribution in [0.1, 0.15) is 0 Å². The van der Waals surface area contributed by atoms with E-state index in [1.807, 2.05) is 0 Å². The summed E-state index contributed by atoms with van der Waals surface area (Å²) in [5.41, 5.74) is 0. The third-order valence-corrected chi connectivity index (χ3v) is 0. The molecular weight excluding hydrogens is 170 g/mol. The SMILES string of the molecule is Cl.ClOCl.[Ti+4]. The molecule has 0 aromatic carbocycles. The van der Waals surface area contributed by atoms with E-state index in [0.717, 1.165) is 0 Å². The Labute approximate surface area is 61.6 Å². The molecule has 0 aromatic heterocycles. The van der Waals surface area contributed by atoms with Gasteiger partial charge in [-0.1, -0.05) is 0 Å². The molecule has 0 heterocycles. The zero-order chi connectivity index (χ0) is 2.71. The van der Waals surface area contributed by atoms with E-state index in [2.05, 4.69) is 27.6 Å². The number of halogens is 3. The molecule has 0 fully saturated rings. The summed E-state index contributed by atoms with van der Waals surface area (Å²) in [4.78, 5) is 0. The summed E-state index contributed by atoms with van der Waals surface area (Å²) in [6.07, 6.45) is 0.